The van der Waals surface area contributed by atoms with E-state index in [4.69, 9.17) is 0 Å². The van der Waals surface area contributed by atoms with Crippen molar-refractivity contribution in [3.05, 3.63) is 69.5 Å². The van der Waals surface area contributed by atoms with E-state index in [2.05, 4.69) is 80.7 Å². The summed E-state index contributed by atoms with van der Waals surface area (Å²) in [5.41, 5.74) is 1.37. The molecule has 0 saturated carbocycles. The number of benzene rings is 2. The van der Waals surface area contributed by atoms with Gasteiger partial charge in [0.1, 0.15) is 0 Å². The fraction of sp³-hybridized carbons (Fsp3) is 0.263. The van der Waals surface area contributed by atoms with Gasteiger partial charge in [-0.05, 0) is 35.2 Å². The molecule has 2 aromatic carbocycles. The van der Waals surface area contributed by atoms with Crippen LogP contribution in [0.5, 0.6) is 0 Å². The highest BCUT2D eigenvalue weighted by molar-refractivity contribution is 9.10. The lowest BCUT2D eigenvalue weighted by atomic mass is 10.0. The molecule has 2 nitrogen and oxygen atoms in total. The molecule has 4 heteroatoms. The van der Waals surface area contributed by atoms with E-state index >= 15 is 0 Å². The van der Waals surface area contributed by atoms with Crippen LogP contribution in [0.25, 0.3) is 10.1 Å². The molecule has 1 aliphatic rings. The van der Waals surface area contributed by atoms with E-state index in [9.17, 15) is 0 Å². The minimum atomic E-state index is 0.340. The maximum atomic E-state index is 3.63. The van der Waals surface area contributed by atoms with Gasteiger partial charge in [0, 0.05) is 40.2 Å². The molecule has 1 N–H and O–H groups in total. The summed E-state index contributed by atoms with van der Waals surface area (Å²) < 4.78 is 2.52. The summed E-state index contributed by atoms with van der Waals surface area (Å²) in [6, 6.07) is 20.1. The van der Waals surface area contributed by atoms with Gasteiger partial charge >= 0.3 is 0 Å². The fourth-order valence-corrected chi connectivity index (χ4v) is 4.95. The van der Waals surface area contributed by atoms with Crippen LogP contribution in [0.15, 0.2) is 59.1 Å². The van der Waals surface area contributed by atoms with E-state index in [1.807, 2.05) is 11.3 Å². The van der Waals surface area contributed by atoms with Crippen molar-refractivity contribution in [2.75, 3.05) is 26.2 Å². The summed E-state index contributed by atoms with van der Waals surface area (Å²) in [6.07, 6.45) is 0. The van der Waals surface area contributed by atoms with Gasteiger partial charge in [-0.15, -0.1) is 11.3 Å². The van der Waals surface area contributed by atoms with Crippen molar-refractivity contribution in [1.82, 2.24) is 10.2 Å². The predicted molar refractivity (Wildman–Crippen MR) is 102 cm³/mol. The van der Waals surface area contributed by atoms with Crippen LogP contribution in [0.4, 0.5) is 0 Å². The van der Waals surface area contributed by atoms with E-state index in [0.717, 1.165) is 30.7 Å². The first-order valence-corrected chi connectivity index (χ1v) is 9.61. The number of nitrogens with one attached hydrogen (secondary N) is 1. The summed E-state index contributed by atoms with van der Waals surface area (Å²) in [6.45, 7) is 4.31. The number of halogens is 1. The quantitative estimate of drug-likeness (QED) is 0.703. The smallest absolute Gasteiger partial charge is 0.0697 e. The van der Waals surface area contributed by atoms with Gasteiger partial charge in [0.2, 0.25) is 0 Å². The van der Waals surface area contributed by atoms with Crippen molar-refractivity contribution in [2.24, 2.45) is 0 Å². The molecule has 0 spiro atoms. The average Bonchev–Trinajstić information content (AvgIpc) is 2.99. The van der Waals surface area contributed by atoms with Crippen LogP contribution >= 0.6 is 27.3 Å². The Labute approximate surface area is 149 Å². The molecule has 23 heavy (non-hydrogen) atoms. The van der Waals surface area contributed by atoms with Crippen molar-refractivity contribution in [3.8, 4) is 0 Å². The highest BCUT2D eigenvalue weighted by atomic mass is 79.9. The van der Waals surface area contributed by atoms with Crippen LogP contribution in [0.3, 0.4) is 0 Å². The van der Waals surface area contributed by atoms with Crippen LogP contribution in [-0.4, -0.2) is 31.1 Å². The summed E-state index contributed by atoms with van der Waals surface area (Å²) >= 11 is 5.56. The van der Waals surface area contributed by atoms with Crippen molar-refractivity contribution >= 4 is 37.4 Å². The minimum Gasteiger partial charge on any atom is -0.314 e. The van der Waals surface area contributed by atoms with Gasteiger partial charge in [0.15, 0.2) is 0 Å². The van der Waals surface area contributed by atoms with Crippen molar-refractivity contribution < 1.29 is 0 Å². The second-order valence-corrected chi connectivity index (χ2v) is 7.96. The normalized spacial score (nSPS) is 17.4. The standard InChI is InChI=1S/C19H19BrN2S/c20-16-6-3-5-15(12-16)19(22-10-8-21-9-11-22)18-13-14-4-1-2-7-17(14)23-18/h1-7,12-13,19,21H,8-11H2. The Morgan fingerprint density at radius 1 is 1.00 bits per heavy atom. The summed E-state index contributed by atoms with van der Waals surface area (Å²) in [5.74, 6) is 0. The topological polar surface area (TPSA) is 15.3 Å². The first kappa shape index (κ1) is 15.3. The van der Waals surface area contributed by atoms with Crippen molar-refractivity contribution in [2.45, 2.75) is 6.04 Å². The molecule has 4 rings (SSSR count). The number of thiophene rings is 1. The molecule has 3 aromatic rings. The van der Waals surface area contributed by atoms with E-state index in [0.29, 0.717) is 6.04 Å². The molecule has 1 atom stereocenters. The maximum Gasteiger partial charge on any atom is 0.0697 e. The molecular formula is C19H19BrN2S. The summed E-state index contributed by atoms with van der Waals surface area (Å²) in [7, 11) is 0. The molecule has 118 valence electrons. The van der Waals surface area contributed by atoms with Crippen LogP contribution in [-0.2, 0) is 0 Å². The van der Waals surface area contributed by atoms with Gasteiger partial charge in [-0.25, -0.2) is 0 Å². The molecule has 0 bridgehead atoms. The monoisotopic (exact) mass is 386 g/mol. The third kappa shape index (κ3) is 3.22. The highest BCUT2D eigenvalue weighted by Gasteiger charge is 2.25. The molecule has 1 aromatic heterocycles. The molecule has 0 aliphatic carbocycles. The molecule has 1 saturated heterocycles. The Bertz CT molecular complexity index is 775. The second kappa shape index (κ2) is 6.73. The Hall–Kier alpha value is -1.20. The van der Waals surface area contributed by atoms with Gasteiger partial charge in [0.05, 0.1) is 6.04 Å². The van der Waals surface area contributed by atoms with Crippen molar-refractivity contribution in [3.63, 3.8) is 0 Å². The van der Waals surface area contributed by atoms with Crippen molar-refractivity contribution in [1.29, 1.82) is 0 Å². The molecule has 2 heterocycles. The van der Waals surface area contributed by atoms with Gasteiger partial charge < -0.3 is 5.32 Å². The summed E-state index contributed by atoms with van der Waals surface area (Å²) in [4.78, 5) is 4.04. The van der Waals surface area contributed by atoms with Crippen LogP contribution < -0.4 is 5.32 Å². The third-order valence-corrected chi connectivity index (χ3v) is 6.06. The number of hydrogen-bond acceptors (Lipinski definition) is 3. The van der Waals surface area contributed by atoms with E-state index in [-0.39, 0.29) is 0 Å². The van der Waals surface area contributed by atoms with Gasteiger partial charge in [-0.2, -0.15) is 0 Å². The molecule has 0 amide bonds. The maximum absolute atomic E-state index is 3.63. The van der Waals surface area contributed by atoms with Gasteiger partial charge in [-0.3, -0.25) is 4.90 Å². The SMILES string of the molecule is Brc1cccc(C(c2cc3ccccc3s2)N2CCNCC2)c1. The van der Waals surface area contributed by atoms with E-state index < -0.39 is 0 Å². The highest BCUT2D eigenvalue weighted by Crippen LogP contribution is 2.37. The molecule has 1 aliphatic heterocycles. The van der Waals surface area contributed by atoms with E-state index in [1.165, 1.54) is 20.5 Å². The zero-order valence-electron chi connectivity index (χ0n) is 12.8. The lowest BCUT2D eigenvalue weighted by Gasteiger charge is -2.34. The van der Waals surface area contributed by atoms with Crippen LogP contribution in [0, 0.1) is 0 Å². The van der Waals surface area contributed by atoms with Crippen LogP contribution in [0.1, 0.15) is 16.5 Å². The first-order valence-electron chi connectivity index (χ1n) is 8.00. The lowest BCUT2D eigenvalue weighted by Crippen LogP contribution is -2.45. The number of hydrogen-bond donors (Lipinski definition) is 1. The number of fused-ring (bicyclic) bond motifs is 1. The second-order valence-electron chi connectivity index (χ2n) is 5.93. The zero-order chi connectivity index (χ0) is 15.6. The van der Waals surface area contributed by atoms with E-state index in [1.54, 1.807) is 0 Å². The molecule has 0 radical (unpaired) electrons. The average molecular weight is 387 g/mol. The summed E-state index contributed by atoms with van der Waals surface area (Å²) in [5, 5.41) is 4.81. The van der Waals surface area contributed by atoms with Crippen LogP contribution in [0.2, 0.25) is 0 Å². The number of rotatable bonds is 3. The predicted octanol–water partition coefficient (Wildman–Crippen LogP) is 4.66. The third-order valence-electron chi connectivity index (χ3n) is 4.40. The van der Waals surface area contributed by atoms with Gasteiger partial charge in [0.25, 0.3) is 0 Å². The Morgan fingerprint density at radius 2 is 1.83 bits per heavy atom. The molecule has 1 unspecified atom stereocenters. The first-order chi connectivity index (χ1) is 11.3. The molecular weight excluding hydrogens is 368 g/mol. The molecule has 1 fully saturated rings. The minimum absolute atomic E-state index is 0.340. The number of piperazine rings is 1. The van der Waals surface area contributed by atoms with Gasteiger partial charge in [-0.1, -0.05) is 46.3 Å². The number of nitrogens with zero attached hydrogens (tertiary/aromatic N) is 1. The Morgan fingerprint density at radius 3 is 2.61 bits per heavy atom. The lowest BCUT2D eigenvalue weighted by molar-refractivity contribution is 0.200. The zero-order valence-corrected chi connectivity index (χ0v) is 15.2. The Kier molecular flexibility index (Phi) is 4.49. The Balaban J connectivity index is 1.80. The fourth-order valence-electron chi connectivity index (χ4n) is 3.31. The largest absolute Gasteiger partial charge is 0.314 e.